The summed E-state index contributed by atoms with van der Waals surface area (Å²) >= 11 is 5.88. The molecule has 0 amide bonds. The minimum atomic E-state index is -3.33. The van der Waals surface area contributed by atoms with Crippen molar-refractivity contribution in [3.63, 3.8) is 0 Å². The number of rotatable bonds is 3. The molecular weight excluding hydrogens is 367 g/mol. The van der Waals surface area contributed by atoms with Crippen molar-refractivity contribution in [3.8, 4) is 0 Å². The second kappa shape index (κ2) is 6.61. The highest BCUT2D eigenvalue weighted by Gasteiger charge is 2.25. The molecule has 0 aromatic heterocycles. The average Bonchev–Trinajstić information content (AvgIpc) is 2.97. The number of halogens is 2. The summed E-state index contributed by atoms with van der Waals surface area (Å²) in [5.74, 6) is -1.00. The third-order valence-electron chi connectivity index (χ3n) is 3.91. The van der Waals surface area contributed by atoms with E-state index in [1.54, 1.807) is 12.1 Å². The van der Waals surface area contributed by atoms with Crippen LogP contribution in [-0.4, -0.2) is 27.2 Å². The molecule has 1 heterocycles. The van der Waals surface area contributed by atoms with Gasteiger partial charge in [-0.15, -0.1) is 0 Å². The van der Waals surface area contributed by atoms with Gasteiger partial charge in [0.25, 0.3) is 0 Å². The topological polar surface area (TPSA) is 60.4 Å². The number of hydrogen-bond donors (Lipinski definition) is 0. The summed E-state index contributed by atoms with van der Waals surface area (Å²) in [7, 11) is -3.33. The molecule has 1 aliphatic rings. The molecule has 2 aromatic carbocycles. The number of ether oxygens (including phenoxy) is 1. The number of cyclic esters (lactones) is 1. The molecule has 1 aliphatic heterocycles. The van der Waals surface area contributed by atoms with Crippen LogP contribution in [0.25, 0.3) is 5.57 Å². The van der Waals surface area contributed by atoms with E-state index in [1.807, 2.05) is 0 Å². The molecule has 0 bridgehead atoms. The van der Waals surface area contributed by atoms with Crippen molar-refractivity contribution in [2.24, 2.45) is 0 Å². The summed E-state index contributed by atoms with van der Waals surface area (Å²) < 4.78 is 41.8. The number of benzene rings is 2. The maximum absolute atomic E-state index is 13.5. The molecule has 0 unspecified atom stereocenters. The number of sulfone groups is 1. The van der Waals surface area contributed by atoms with Gasteiger partial charge in [0.15, 0.2) is 9.84 Å². The van der Waals surface area contributed by atoms with Crippen LogP contribution in [0.5, 0.6) is 0 Å². The Balaban J connectivity index is 2.19. The number of carbonyl (C=O) groups excluding carboxylic acids is 1. The normalized spacial score (nSPS) is 16.7. The van der Waals surface area contributed by atoms with E-state index in [0.717, 1.165) is 6.26 Å². The predicted octanol–water partition coefficient (Wildman–Crippen LogP) is 3.63. The van der Waals surface area contributed by atoms with Gasteiger partial charge in [-0.25, -0.2) is 17.6 Å². The Morgan fingerprint density at radius 2 is 1.76 bits per heavy atom. The average molecular weight is 381 g/mol. The van der Waals surface area contributed by atoms with Gasteiger partial charge in [-0.3, -0.25) is 0 Å². The summed E-state index contributed by atoms with van der Waals surface area (Å²) in [5.41, 5.74) is 2.20. The summed E-state index contributed by atoms with van der Waals surface area (Å²) in [5, 5.41) is -0.0604. The maximum Gasteiger partial charge on any atom is 0.334 e. The van der Waals surface area contributed by atoms with Crippen molar-refractivity contribution in [1.29, 1.82) is 0 Å². The van der Waals surface area contributed by atoms with E-state index < -0.39 is 21.6 Å². The zero-order chi connectivity index (χ0) is 18.2. The second-order valence-corrected chi connectivity index (χ2v) is 8.09. The zero-order valence-electron chi connectivity index (χ0n) is 13.3. The molecule has 1 fully saturated rings. The lowest BCUT2D eigenvalue weighted by molar-refractivity contribution is -0.135. The highest BCUT2D eigenvalue weighted by atomic mass is 35.5. The molecule has 25 heavy (non-hydrogen) atoms. The van der Waals surface area contributed by atoms with E-state index >= 15 is 0 Å². The van der Waals surface area contributed by atoms with Gasteiger partial charge in [0.05, 0.1) is 16.5 Å². The van der Waals surface area contributed by atoms with Crippen LogP contribution in [0.4, 0.5) is 4.39 Å². The predicted molar refractivity (Wildman–Crippen MR) is 92.6 cm³/mol. The first-order valence-electron chi connectivity index (χ1n) is 7.43. The van der Waals surface area contributed by atoms with Gasteiger partial charge in [0.2, 0.25) is 0 Å². The second-order valence-electron chi connectivity index (χ2n) is 5.66. The summed E-state index contributed by atoms with van der Waals surface area (Å²) in [6.45, 7) is 0.272. The van der Waals surface area contributed by atoms with Gasteiger partial charge >= 0.3 is 5.97 Å². The smallest absolute Gasteiger partial charge is 0.334 e. The Hall–Kier alpha value is -2.18. The maximum atomic E-state index is 13.5. The van der Waals surface area contributed by atoms with Crippen LogP contribution in [0.1, 0.15) is 17.5 Å². The quantitative estimate of drug-likeness (QED) is 0.602. The van der Waals surface area contributed by atoms with Crippen LogP contribution in [0.2, 0.25) is 5.02 Å². The minimum absolute atomic E-state index is 0.0604. The zero-order valence-corrected chi connectivity index (χ0v) is 14.8. The fraction of sp³-hybridized carbons (Fsp3) is 0.167. The van der Waals surface area contributed by atoms with E-state index in [0.29, 0.717) is 28.7 Å². The highest BCUT2D eigenvalue weighted by molar-refractivity contribution is 7.90. The lowest BCUT2D eigenvalue weighted by Crippen LogP contribution is -2.02. The van der Waals surface area contributed by atoms with Crippen molar-refractivity contribution in [3.05, 3.63) is 70.0 Å². The molecule has 0 aliphatic carbocycles. The lowest BCUT2D eigenvalue weighted by Gasteiger charge is -2.12. The fourth-order valence-corrected chi connectivity index (χ4v) is 3.51. The Morgan fingerprint density at radius 1 is 1.12 bits per heavy atom. The van der Waals surface area contributed by atoms with Gasteiger partial charge < -0.3 is 4.74 Å². The van der Waals surface area contributed by atoms with E-state index in [-0.39, 0.29) is 16.5 Å². The van der Waals surface area contributed by atoms with E-state index in [4.69, 9.17) is 16.3 Å². The Labute approximate surface area is 149 Å². The third-order valence-corrected chi connectivity index (χ3v) is 5.33. The summed E-state index contributed by atoms with van der Waals surface area (Å²) in [6.07, 6.45) is 1.53. The number of esters is 1. The molecule has 0 radical (unpaired) electrons. The van der Waals surface area contributed by atoms with Gasteiger partial charge in [-0.05, 0) is 41.0 Å². The van der Waals surface area contributed by atoms with E-state index in [2.05, 4.69) is 0 Å². The molecule has 4 nitrogen and oxygen atoms in total. The largest absolute Gasteiger partial charge is 0.462 e. The first kappa shape index (κ1) is 17.6. The van der Waals surface area contributed by atoms with E-state index in [9.17, 15) is 17.6 Å². The van der Waals surface area contributed by atoms with Crippen LogP contribution >= 0.6 is 11.6 Å². The van der Waals surface area contributed by atoms with Crippen molar-refractivity contribution in [1.82, 2.24) is 0 Å². The Bertz CT molecular complexity index is 979. The van der Waals surface area contributed by atoms with Crippen LogP contribution in [0.3, 0.4) is 0 Å². The van der Waals surface area contributed by atoms with Crippen molar-refractivity contribution < 1.29 is 22.3 Å². The van der Waals surface area contributed by atoms with E-state index in [1.165, 1.54) is 30.3 Å². The van der Waals surface area contributed by atoms with Gasteiger partial charge in [-0.1, -0.05) is 29.8 Å². The molecule has 0 N–H and O–H groups in total. The van der Waals surface area contributed by atoms with Crippen LogP contribution in [-0.2, 0) is 19.4 Å². The first-order chi connectivity index (χ1) is 11.8. The van der Waals surface area contributed by atoms with Crippen molar-refractivity contribution in [2.45, 2.75) is 11.3 Å². The Kier molecular flexibility index (Phi) is 4.67. The summed E-state index contributed by atoms with van der Waals surface area (Å²) in [4.78, 5) is 12.2. The first-order valence-corrected chi connectivity index (χ1v) is 9.70. The van der Waals surface area contributed by atoms with Crippen LogP contribution < -0.4 is 0 Å². The number of carbonyl (C=O) groups is 1. The molecule has 0 saturated carbocycles. The van der Waals surface area contributed by atoms with Gasteiger partial charge in [0, 0.05) is 18.2 Å². The molecule has 0 spiro atoms. The molecule has 0 atom stereocenters. The molecule has 130 valence electrons. The number of hydrogen-bond acceptors (Lipinski definition) is 4. The SMILES string of the molecule is CS(=O)(=O)c1ccc(C(=C2CCOC2=O)c2ccc(F)c(Cl)c2)cc1. The Morgan fingerprint density at radius 3 is 2.28 bits per heavy atom. The molecular formula is C18H14ClFO4S. The minimum Gasteiger partial charge on any atom is -0.462 e. The van der Waals surface area contributed by atoms with Crippen LogP contribution in [0.15, 0.2) is 52.9 Å². The van der Waals surface area contributed by atoms with Gasteiger partial charge in [-0.2, -0.15) is 0 Å². The van der Waals surface area contributed by atoms with Crippen molar-refractivity contribution >= 4 is 33.0 Å². The molecule has 3 rings (SSSR count). The standard InChI is InChI=1S/C18H14ClFO4S/c1-25(22,23)13-5-2-11(3-6-13)17(14-8-9-24-18(14)21)12-4-7-16(20)15(19)10-12/h2-7,10H,8-9H2,1H3. The molecule has 7 heteroatoms. The fourth-order valence-electron chi connectivity index (χ4n) is 2.70. The monoisotopic (exact) mass is 380 g/mol. The summed E-state index contributed by atoms with van der Waals surface area (Å²) in [6, 6.07) is 10.4. The highest BCUT2D eigenvalue weighted by Crippen LogP contribution is 2.33. The third kappa shape index (κ3) is 3.60. The van der Waals surface area contributed by atoms with Gasteiger partial charge in [0.1, 0.15) is 5.82 Å². The molecule has 1 saturated heterocycles. The van der Waals surface area contributed by atoms with Crippen LogP contribution in [0, 0.1) is 5.82 Å². The van der Waals surface area contributed by atoms with Crippen molar-refractivity contribution in [2.75, 3.05) is 12.9 Å². The molecule has 2 aromatic rings. The lowest BCUT2D eigenvalue weighted by atomic mass is 9.92.